The fraction of sp³-hybridized carbons (Fsp3) is 0.833. The highest BCUT2D eigenvalue weighted by Gasteiger charge is 2.41. The van der Waals surface area contributed by atoms with Gasteiger partial charge in [-0.15, -0.1) is 0 Å². The molecule has 1 fully saturated rings. The predicted octanol–water partition coefficient (Wildman–Crippen LogP) is -0.565. The molecule has 1 aliphatic rings. The average Bonchev–Trinajstić information content (AvgIpc) is 1.57. The van der Waals surface area contributed by atoms with Crippen LogP contribution in [0.5, 0.6) is 0 Å². The van der Waals surface area contributed by atoms with E-state index in [-0.39, 0.29) is 5.92 Å². The van der Waals surface area contributed by atoms with Crippen molar-refractivity contribution in [3.05, 3.63) is 0 Å². The van der Waals surface area contributed by atoms with Gasteiger partial charge in [-0.2, -0.15) is 0 Å². The molecular formula is C6H11NO3. The minimum absolute atomic E-state index is 0.0231. The van der Waals surface area contributed by atoms with Gasteiger partial charge in [-0.25, -0.2) is 0 Å². The first kappa shape index (κ1) is 7.50. The fourth-order valence-electron chi connectivity index (χ4n) is 0.757. The fourth-order valence-corrected chi connectivity index (χ4v) is 0.757. The molecule has 0 bridgehead atoms. The van der Waals surface area contributed by atoms with Gasteiger partial charge in [-0.05, 0) is 6.92 Å². The van der Waals surface area contributed by atoms with E-state index in [1.165, 1.54) is 6.92 Å². The van der Waals surface area contributed by atoms with Crippen molar-refractivity contribution in [2.24, 2.45) is 11.7 Å². The first-order valence-corrected chi connectivity index (χ1v) is 3.15. The van der Waals surface area contributed by atoms with Gasteiger partial charge in [0.1, 0.15) is 5.54 Å². The van der Waals surface area contributed by atoms with Crippen molar-refractivity contribution in [3.63, 3.8) is 0 Å². The molecule has 1 atom stereocenters. The van der Waals surface area contributed by atoms with Gasteiger partial charge >= 0.3 is 5.97 Å². The first-order chi connectivity index (χ1) is 4.55. The lowest BCUT2D eigenvalue weighted by atomic mass is 9.85. The molecule has 58 valence electrons. The van der Waals surface area contributed by atoms with Crippen LogP contribution in [-0.4, -0.2) is 29.8 Å². The number of aliphatic carboxylic acids is 1. The molecule has 4 nitrogen and oxygen atoms in total. The van der Waals surface area contributed by atoms with Gasteiger partial charge in [0.25, 0.3) is 0 Å². The van der Waals surface area contributed by atoms with Crippen molar-refractivity contribution < 1.29 is 14.6 Å². The Kier molecular flexibility index (Phi) is 1.66. The number of hydrogen-bond acceptors (Lipinski definition) is 3. The number of hydrogen-bond donors (Lipinski definition) is 2. The summed E-state index contributed by atoms with van der Waals surface area (Å²) in [6.45, 7) is 2.46. The first-order valence-electron chi connectivity index (χ1n) is 3.15. The van der Waals surface area contributed by atoms with Crippen LogP contribution in [0.4, 0.5) is 0 Å². The molecule has 0 aromatic carbocycles. The smallest absolute Gasteiger partial charge is 0.323 e. The number of carboxylic acid groups (broad SMARTS) is 1. The van der Waals surface area contributed by atoms with Crippen LogP contribution in [-0.2, 0) is 9.53 Å². The second-order valence-electron chi connectivity index (χ2n) is 2.82. The van der Waals surface area contributed by atoms with Crippen LogP contribution in [0.25, 0.3) is 0 Å². The molecule has 4 heteroatoms. The van der Waals surface area contributed by atoms with Gasteiger partial charge in [0.15, 0.2) is 0 Å². The van der Waals surface area contributed by atoms with Crippen molar-refractivity contribution in [2.45, 2.75) is 12.5 Å². The maximum atomic E-state index is 10.5. The third-order valence-corrected chi connectivity index (χ3v) is 1.95. The minimum Gasteiger partial charge on any atom is -0.480 e. The Morgan fingerprint density at radius 1 is 1.80 bits per heavy atom. The molecule has 1 heterocycles. The lowest BCUT2D eigenvalue weighted by Gasteiger charge is -2.36. The summed E-state index contributed by atoms with van der Waals surface area (Å²) in [5.41, 5.74) is 4.37. The Hall–Kier alpha value is -0.610. The van der Waals surface area contributed by atoms with Crippen molar-refractivity contribution in [2.75, 3.05) is 13.2 Å². The van der Waals surface area contributed by atoms with E-state index in [1.54, 1.807) is 0 Å². The maximum Gasteiger partial charge on any atom is 0.323 e. The van der Waals surface area contributed by atoms with Crippen LogP contribution in [0.15, 0.2) is 0 Å². The highest BCUT2D eigenvalue weighted by molar-refractivity contribution is 5.78. The van der Waals surface area contributed by atoms with Crippen LogP contribution >= 0.6 is 0 Å². The number of carbonyl (C=O) groups is 1. The molecule has 1 saturated heterocycles. The number of rotatable bonds is 2. The zero-order chi connectivity index (χ0) is 7.78. The molecule has 0 saturated carbocycles. The lowest BCUT2D eigenvalue weighted by molar-refractivity contribution is -0.153. The summed E-state index contributed by atoms with van der Waals surface area (Å²) in [7, 11) is 0. The van der Waals surface area contributed by atoms with Gasteiger partial charge in [-0.3, -0.25) is 4.79 Å². The molecule has 3 N–H and O–H groups in total. The monoisotopic (exact) mass is 145 g/mol. The maximum absolute atomic E-state index is 10.5. The molecule has 0 amide bonds. The third-order valence-electron chi connectivity index (χ3n) is 1.95. The summed E-state index contributed by atoms with van der Waals surface area (Å²) in [6, 6.07) is 0. The molecular weight excluding hydrogens is 134 g/mol. The summed E-state index contributed by atoms with van der Waals surface area (Å²) < 4.78 is 4.83. The van der Waals surface area contributed by atoms with E-state index in [2.05, 4.69) is 0 Å². The van der Waals surface area contributed by atoms with Crippen molar-refractivity contribution in [1.29, 1.82) is 0 Å². The zero-order valence-electron chi connectivity index (χ0n) is 5.83. The Labute approximate surface area is 59.0 Å². The standard InChI is InChI=1S/C6H11NO3/c1-6(7,5(8)9)4-2-10-3-4/h4H,2-3,7H2,1H3,(H,8,9). The second kappa shape index (κ2) is 2.21. The lowest BCUT2D eigenvalue weighted by Crippen LogP contribution is -2.58. The van der Waals surface area contributed by atoms with E-state index in [9.17, 15) is 4.79 Å². The van der Waals surface area contributed by atoms with Crippen LogP contribution in [0.2, 0.25) is 0 Å². The van der Waals surface area contributed by atoms with E-state index < -0.39 is 11.5 Å². The van der Waals surface area contributed by atoms with Gasteiger partial charge in [-0.1, -0.05) is 0 Å². The van der Waals surface area contributed by atoms with Crippen molar-refractivity contribution >= 4 is 5.97 Å². The van der Waals surface area contributed by atoms with Gasteiger partial charge in [0.05, 0.1) is 13.2 Å². The topological polar surface area (TPSA) is 72.6 Å². The second-order valence-corrected chi connectivity index (χ2v) is 2.82. The zero-order valence-corrected chi connectivity index (χ0v) is 5.83. The number of nitrogens with two attached hydrogens (primary N) is 1. The molecule has 0 aliphatic carbocycles. The normalized spacial score (nSPS) is 25.0. The molecule has 0 aromatic rings. The Morgan fingerprint density at radius 3 is 2.40 bits per heavy atom. The molecule has 10 heavy (non-hydrogen) atoms. The Bertz CT molecular complexity index is 151. The van der Waals surface area contributed by atoms with Crippen molar-refractivity contribution in [1.82, 2.24) is 0 Å². The summed E-state index contributed by atoms with van der Waals surface area (Å²) in [4.78, 5) is 10.5. The molecule has 0 aromatic heterocycles. The van der Waals surface area contributed by atoms with Crippen LogP contribution < -0.4 is 5.73 Å². The Morgan fingerprint density at radius 2 is 2.30 bits per heavy atom. The van der Waals surface area contributed by atoms with Crippen molar-refractivity contribution in [3.8, 4) is 0 Å². The highest BCUT2D eigenvalue weighted by Crippen LogP contribution is 2.22. The van der Waals surface area contributed by atoms with Crippen LogP contribution in [0.3, 0.4) is 0 Å². The molecule has 0 spiro atoms. The summed E-state index contributed by atoms with van der Waals surface area (Å²) >= 11 is 0. The Balaban J connectivity index is 2.57. The predicted molar refractivity (Wildman–Crippen MR) is 34.5 cm³/mol. The van der Waals surface area contributed by atoms with E-state index in [0.29, 0.717) is 13.2 Å². The minimum atomic E-state index is -1.11. The largest absolute Gasteiger partial charge is 0.480 e. The van der Waals surface area contributed by atoms with E-state index in [1.807, 2.05) is 0 Å². The number of ether oxygens (including phenoxy) is 1. The van der Waals surface area contributed by atoms with E-state index in [0.717, 1.165) is 0 Å². The molecule has 1 aliphatic heterocycles. The van der Waals surface area contributed by atoms with E-state index in [4.69, 9.17) is 15.6 Å². The third kappa shape index (κ3) is 0.998. The quantitative estimate of drug-likeness (QED) is 0.546. The number of carboxylic acids is 1. The van der Waals surface area contributed by atoms with E-state index >= 15 is 0 Å². The summed E-state index contributed by atoms with van der Waals surface area (Å²) in [6.07, 6.45) is 0. The SMILES string of the molecule is CC(N)(C(=O)O)C1COC1. The van der Waals surface area contributed by atoms with Gasteiger partial charge < -0.3 is 15.6 Å². The highest BCUT2D eigenvalue weighted by atomic mass is 16.5. The molecule has 0 radical (unpaired) electrons. The average molecular weight is 145 g/mol. The molecule has 1 rings (SSSR count). The van der Waals surface area contributed by atoms with Gasteiger partial charge in [0, 0.05) is 5.92 Å². The molecule has 1 unspecified atom stereocenters. The van der Waals surface area contributed by atoms with Crippen LogP contribution in [0, 0.1) is 5.92 Å². The summed E-state index contributed by atoms with van der Waals surface area (Å²) in [5.74, 6) is -0.981. The van der Waals surface area contributed by atoms with Crippen LogP contribution in [0.1, 0.15) is 6.92 Å². The summed E-state index contributed by atoms with van der Waals surface area (Å²) in [5, 5.41) is 8.60. The van der Waals surface area contributed by atoms with Gasteiger partial charge in [0.2, 0.25) is 0 Å².